The van der Waals surface area contributed by atoms with Gasteiger partial charge in [0.2, 0.25) is 5.78 Å². The van der Waals surface area contributed by atoms with Crippen LogP contribution in [0.15, 0.2) is 22.7 Å². The Balaban J connectivity index is 2.66. The van der Waals surface area contributed by atoms with Crippen molar-refractivity contribution < 1.29 is 19.1 Å². The summed E-state index contributed by atoms with van der Waals surface area (Å²) in [4.78, 5) is 23.2. The normalized spacial score (nSPS) is 16.9. The smallest absolute Gasteiger partial charge is 0.405 e. The molecule has 2 N–H and O–H groups in total. The Morgan fingerprint density at radius 3 is 2.65 bits per heavy atom. The van der Waals surface area contributed by atoms with Gasteiger partial charge in [0.15, 0.2) is 0 Å². The molecule has 0 saturated heterocycles. The lowest BCUT2D eigenvalue weighted by Crippen LogP contribution is -2.53. The van der Waals surface area contributed by atoms with Crippen LogP contribution in [0.2, 0.25) is 0 Å². The van der Waals surface area contributed by atoms with Gasteiger partial charge in [-0.2, -0.15) is 0 Å². The van der Waals surface area contributed by atoms with Crippen molar-refractivity contribution in [3.05, 3.63) is 34.1 Å². The van der Waals surface area contributed by atoms with Crippen LogP contribution >= 0.6 is 15.9 Å². The summed E-state index contributed by atoms with van der Waals surface area (Å²) in [6.45, 7) is 0. The highest BCUT2D eigenvalue weighted by molar-refractivity contribution is 9.10. The molecule has 1 saturated carbocycles. The monoisotopic (exact) mass is 339 g/mol. The van der Waals surface area contributed by atoms with Gasteiger partial charge in [-0.1, -0.05) is 15.9 Å². The molecule has 0 unspecified atom stereocenters. The van der Waals surface area contributed by atoms with Crippen molar-refractivity contribution in [2.75, 3.05) is 0 Å². The molecule has 0 aromatic heterocycles. The fourth-order valence-corrected chi connectivity index (χ4v) is 2.71. The zero-order chi connectivity index (χ0) is 14.9. The fourth-order valence-electron chi connectivity index (χ4n) is 2.35. The number of nitrogens with one attached hydrogen (secondary N) is 1. The minimum Gasteiger partial charge on any atom is -0.465 e. The summed E-state index contributed by atoms with van der Waals surface area (Å²) in [5.74, 6) is 0.156. The molecule has 0 aliphatic heterocycles. The van der Waals surface area contributed by atoms with Crippen LogP contribution in [-0.2, 0) is 10.3 Å². The molecule has 1 aliphatic rings. The quantitative estimate of drug-likeness (QED) is 0.654. The third kappa shape index (κ3) is 2.41. The number of amides is 1. The highest BCUT2D eigenvalue weighted by atomic mass is 79.9. The van der Waals surface area contributed by atoms with Gasteiger partial charge in [0.1, 0.15) is 11.4 Å². The van der Waals surface area contributed by atoms with Crippen molar-refractivity contribution in [2.45, 2.75) is 18.4 Å². The average molecular weight is 340 g/mol. The predicted octanol–water partition coefficient (Wildman–Crippen LogP) is 2.66. The van der Waals surface area contributed by atoms with E-state index in [0.717, 1.165) is 0 Å². The van der Waals surface area contributed by atoms with E-state index in [1.807, 2.05) is 5.92 Å². The maximum absolute atomic E-state index is 14.1. The number of halogens is 2. The number of terminal acetylenes is 1. The molecular weight excluding hydrogens is 329 g/mol. The van der Waals surface area contributed by atoms with Crippen molar-refractivity contribution in [1.29, 1.82) is 0 Å². The lowest BCUT2D eigenvalue weighted by Gasteiger charge is -2.31. The van der Waals surface area contributed by atoms with Crippen LogP contribution in [0.3, 0.4) is 0 Å². The third-order valence-corrected chi connectivity index (χ3v) is 3.83. The second-order valence-electron chi connectivity index (χ2n) is 4.61. The van der Waals surface area contributed by atoms with Crippen LogP contribution in [0.5, 0.6) is 0 Å². The number of rotatable bonds is 4. The molecule has 0 radical (unpaired) electrons. The molecule has 4 nitrogen and oxygen atoms in total. The van der Waals surface area contributed by atoms with Gasteiger partial charge in [-0.15, -0.1) is 6.42 Å². The van der Waals surface area contributed by atoms with Gasteiger partial charge < -0.3 is 10.4 Å². The van der Waals surface area contributed by atoms with E-state index < -0.39 is 23.2 Å². The molecule has 1 atom stereocenters. The number of hydrogen-bond acceptors (Lipinski definition) is 2. The molecule has 1 fully saturated rings. The van der Waals surface area contributed by atoms with Gasteiger partial charge >= 0.3 is 6.09 Å². The van der Waals surface area contributed by atoms with E-state index in [0.29, 0.717) is 17.3 Å². The molecule has 20 heavy (non-hydrogen) atoms. The predicted molar refractivity (Wildman–Crippen MR) is 73.5 cm³/mol. The van der Waals surface area contributed by atoms with Gasteiger partial charge in [0.05, 0.1) is 0 Å². The Kier molecular flexibility index (Phi) is 3.82. The molecule has 1 aliphatic carbocycles. The summed E-state index contributed by atoms with van der Waals surface area (Å²) in [5.41, 5.74) is -1.76. The van der Waals surface area contributed by atoms with Crippen LogP contribution < -0.4 is 5.32 Å². The van der Waals surface area contributed by atoms with Gasteiger partial charge in [-0.25, -0.2) is 9.18 Å². The lowest BCUT2D eigenvalue weighted by atomic mass is 9.81. The molecule has 0 heterocycles. The van der Waals surface area contributed by atoms with E-state index in [1.165, 1.54) is 18.2 Å². The molecule has 0 bridgehead atoms. The first-order valence-electron chi connectivity index (χ1n) is 5.89. The van der Waals surface area contributed by atoms with Crippen LogP contribution in [0.25, 0.3) is 0 Å². The number of hydrogen-bond donors (Lipinski definition) is 2. The highest BCUT2D eigenvalue weighted by Crippen LogP contribution is 2.47. The minimum absolute atomic E-state index is 0.0419. The highest BCUT2D eigenvalue weighted by Gasteiger charge is 2.54. The van der Waals surface area contributed by atoms with E-state index >= 15 is 0 Å². The summed E-state index contributed by atoms with van der Waals surface area (Å²) in [6, 6.07) is 4.03. The number of Topliss-reactive ketones (excluding diaryl/α,β-unsaturated/α-hetero) is 1. The zero-order valence-corrected chi connectivity index (χ0v) is 11.9. The van der Waals surface area contributed by atoms with Crippen molar-refractivity contribution in [3.8, 4) is 12.3 Å². The Morgan fingerprint density at radius 1 is 1.50 bits per heavy atom. The van der Waals surface area contributed by atoms with E-state index in [1.54, 1.807) is 0 Å². The van der Waals surface area contributed by atoms with Crippen molar-refractivity contribution in [3.63, 3.8) is 0 Å². The van der Waals surface area contributed by atoms with Crippen molar-refractivity contribution >= 4 is 27.8 Å². The maximum Gasteiger partial charge on any atom is 0.405 e. The van der Waals surface area contributed by atoms with E-state index in [2.05, 4.69) is 21.2 Å². The molecule has 6 heteroatoms. The van der Waals surface area contributed by atoms with E-state index in [4.69, 9.17) is 11.5 Å². The van der Waals surface area contributed by atoms with E-state index in [9.17, 15) is 14.0 Å². The van der Waals surface area contributed by atoms with E-state index in [-0.39, 0.29) is 11.5 Å². The van der Waals surface area contributed by atoms with Crippen LogP contribution in [0, 0.1) is 24.1 Å². The first-order chi connectivity index (χ1) is 9.41. The molecule has 104 valence electrons. The summed E-state index contributed by atoms with van der Waals surface area (Å²) < 4.78 is 14.7. The Morgan fingerprint density at radius 2 is 2.15 bits per heavy atom. The average Bonchev–Trinajstić information content (AvgIpc) is 3.22. The standard InChI is InChI=1S/C14H11BrFNO3/c1-2-12(18)14(8-3-4-8,17-13(19)20)10-7-9(15)5-6-11(10)16/h1,5-8,17H,3-4H2,(H,19,20)/t14-/m1/s1. The number of ketones is 1. The summed E-state index contributed by atoms with van der Waals surface area (Å²) in [5, 5.41) is 11.2. The van der Waals surface area contributed by atoms with Crippen LogP contribution in [0.1, 0.15) is 18.4 Å². The second-order valence-corrected chi connectivity index (χ2v) is 5.53. The zero-order valence-electron chi connectivity index (χ0n) is 10.3. The number of carbonyl (C=O) groups excluding carboxylic acids is 1. The molecule has 0 spiro atoms. The van der Waals surface area contributed by atoms with Crippen molar-refractivity contribution in [2.24, 2.45) is 5.92 Å². The SMILES string of the molecule is C#CC(=O)[C@](NC(=O)O)(c1cc(Br)ccc1F)C1CC1. The molecule has 2 rings (SSSR count). The number of carboxylic acid groups (broad SMARTS) is 1. The van der Waals surface area contributed by atoms with Gasteiger partial charge in [-0.3, -0.25) is 4.79 Å². The second kappa shape index (κ2) is 5.25. The topological polar surface area (TPSA) is 66.4 Å². The first kappa shape index (κ1) is 14.5. The molecule has 1 aromatic rings. The largest absolute Gasteiger partial charge is 0.465 e. The van der Waals surface area contributed by atoms with Gasteiger partial charge in [-0.05, 0) is 42.9 Å². The molecule has 1 amide bonds. The Bertz CT molecular complexity index is 621. The maximum atomic E-state index is 14.1. The van der Waals surface area contributed by atoms with Crippen molar-refractivity contribution in [1.82, 2.24) is 5.32 Å². The van der Waals surface area contributed by atoms with Crippen LogP contribution in [-0.4, -0.2) is 17.0 Å². The fraction of sp³-hybridized carbons (Fsp3) is 0.286. The summed E-state index contributed by atoms with van der Waals surface area (Å²) >= 11 is 3.19. The summed E-state index contributed by atoms with van der Waals surface area (Å²) in [6.07, 6.45) is 4.96. The Labute approximate surface area is 123 Å². The number of carbonyl (C=O) groups is 2. The molecular formula is C14H11BrFNO3. The number of benzene rings is 1. The Hall–Kier alpha value is -1.87. The summed E-state index contributed by atoms with van der Waals surface area (Å²) in [7, 11) is 0. The van der Waals surface area contributed by atoms with Gasteiger partial charge in [0.25, 0.3) is 0 Å². The first-order valence-corrected chi connectivity index (χ1v) is 6.68. The minimum atomic E-state index is -1.71. The molecule has 1 aromatic carbocycles. The van der Waals surface area contributed by atoms with Crippen LogP contribution in [0.4, 0.5) is 9.18 Å². The third-order valence-electron chi connectivity index (χ3n) is 3.34. The van der Waals surface area contributed by atoms with Gasteiger partial charge in [0, 0.05) is 10.0 Å². The lowest BCUT2D eigenvalue weighted by molar-refractivity contribution is -0.121.